The third kappa shape index (κ3) is 1.66. The molecule has 1 aliphatic rings. The number of nitrogens with one attached hydrogen (secondary N) is 2. The van der Waals surface area contributed by atoms with Crippen molar-refractivity contribution in [1.82, 2.24) is 15.3 Å². The lowest BCUT2D eigenvalue weighted by atomic mass is 10.1. The molecule has 0 amide bonds. The van der Waals surface area contributed by atoms with Crippen LogP contribution < -0.4 is 10.9 Å². The van der Waals surface area contributed by atoms with E-state index in [1.807, 2.05) is 31.2 Å². The summed E-state index contributed by atoms with van der Waals surface area (Å²) in [6.45, 7) is 3.31. The highest BCUT2D eigenvalue weighted by atomic mass is 16.1. The van der Waals surface area contributed by atoms with Crippen LogP contribution in [0.2, 0.25) is 0 Å². The van der Waals surface area contributed by atoms with E-state index in [9.17, 15) is 4.79 Å². The maximum Gasteiger partial charge on any atom is 0.255 e. The second-order valence-electron chi connectivity index (χ2n) is 4.26. The summed E-state index contributed by atoms with van der Waals surface area (Å²) < 4.78 is 0. The lowest BCUT2D eigenvalue weighted by Crippen LogP contribution is -2.15. The van der Waals surface area contributed by atoms with Gasteiger partial charge in [0.2, 0.25) is 0 Å². The first-order valence-corrected chi connectivity index (χ1v) is 5.64. The van der Waals surface area contributed by atoms with Crippen molar-refractivity contribution in [3.05, 3.63) is 51.4 Å². The Bertz CT molecular complexity index is 631. The Balaban J connectivity index is 2.20. The molecule has 1 aromatic heterocycles. The molecule has 4 nitrogen and oxygen atoms in total. The Morgan fingerprint density at radius 2 is 2.06 bits per heavy atom. The van der Waals surface area contributed by atoms with Crippen LogP contribution >= 0.6 is 0 Å². The van der Waals surface area contributed by atoms with Gasteiger partial charge in [0.05, 0.1) is 11.3 Å². The molecule has 1 aromatic carbocycles. The fourth-order valence-electron chi connectivity index (χ4n) is 2.15. The highest BCUT2D eigenvalue weighted by Crippen LogP contribution is 2.19. The van der Waals surface area contributed by atoms with Gasteiger partial charge in [0.25, 0.3) is 5.56 Å². The molecule has 0 atom stereocenters. The first-order valence-electron chi connectivity index (χ1n) is 5.64. The van der Waals surface area contributed by atoms with Crippen LogP contribution in [0.25, 0.3) is 11.4 Å². The number of nitrogens with zero attached hydrogens (tertiary/aromatic N) is 1. The lowest BCUT2D eigenvalue weighted by molar-refractivity contribution is 0.757. The summed E-state index contributed by atoms with van der Waals surface area (Å²) >= 11 is 0. The minimum absolute atomic E-state index is 0.0294. The molecule has 0 unspecified atom stereocenters. The molecule has 2 N–H and O–H groups in total. The molecule has 2 aromatic rings. The van der Waals surface area contributed by atoms with Crippen molar-refractivity contribution in [2.75, 3.05) is 0 Å². The molecule has 86 valence electrons. The van der Waals surface area contributed by atoms with Crippen LogP contribution in [-0.4, -0.2) is 9.97 Å². The second kappa shape index (κ2) is 3.82. The van der Waals surface area contributed by atoms with E-state index in [1.54, 1.807) is 0 Å². The molecule has 0 saturated heterocycles. The van der Waals surface area contributed by atoms with Gasteiger partial charge >= 0.3 is 0 Å². The summed E-state index contributed by atoms with van der Waals surface area (Å²) in [6.07, 6.45) is 0. The van der Waals surface area contributed by atoms with E-state index in [1.165, 1.54) is 0 Å². The molecule has 3 rings (SSSR count). The van der Waals surface area contributed by atoms with Gasteiger partial charge < -0.3 is 10.3 Å². The monoisotopic (exact) mass is 227 g/mol. The Morgan fingerprint density at radius 3 is 2.88 bits per heavy atom. The third-order valence-electron chi connectivity index (χ3n) is 3.10. The van der Waals surface area contributed by atoms with E-state index >= 15 is 0 Å². The minimum Gasteiger partial charge on any atom is -0.307 e. The first-order chi connectivity index (χ1) is 8.25. The average molecular weight is 227 g/mol. The number of hydrogen-bond donors (Lipinski definition) is 2. The maximum atomic E-state index is 11.9. The zero-order valence-electron chi connectivity index (χ0n) is 9.58. The molecule has 0 saturated carbocycles. The molecule has 0 bridgehead atoms. The summed E-state index contributed by atoms with van der Waals surface area (Å²) in [7, 11) is 0. The average Bonchev–Trinajstić information content (AvgIpc) is 2.78. The lowest BCUT2D eigenvalue weighted by Gasteiger charge is -2.06. The number of aromatic amines is 1. The van der Waals surface area contributed by atoms with Crippen LogP contribution in [0.1, 0.15) is 16.8 Å². The summed E-state index contributed by atoms with van der Waals surface area (Å²) in [6, 6.07) is 7.92. The van der Waals surface area contributed by atoms with Crippen molar-refractivity contribution in [2.45, 2.75) is 20.0 Å². The van der Waals surface area contributed by atoms with Gasteiger partial charge in [0, 0.05) is 18.7 Å². The molecule has 2 heterocycles. The largest absolute Gasteiger partial charge is 0.307 e. The molecule has 1 aliphatic heterocycles. The number of aromatic nitrogens is 2. The van der Waals surface area contributed by atoms with Crippen molar-refractivity contribution >= 4 is 0 Å². The number of rotatable bonds is 1. The fraction of sp³-hybridized carbons (Fsp3) is 0.231. The van der Waals surface area contributed by atoms with Gasteiger partial charge in [-0.1, -0.05) is 24.3 Å². The summed E-state index contributed by atoms with van der Waals surface area (Å²) in [5, 5.41) is 3.14. The van der Waals surface area contributed by atoms with Crippen LogP contribution in [0.5, 0.6) is 0 Å². The van der Waals surface area contributed by atoms with Gasteiger partial charge in [0.15, 0.2) is 0 Å². The standard InChI is InChI=1S/C13H13N3O/c1-8-4-2-3-5-9(8)12-15-11-7-14-6-10(11)13(17)16-12/h2-5,14H,6-7H2,1H3,(H,15,16,17). The molecule has 0 aliphatic carbocycles. The van der Waals surface area contributed by atoms with Gasteiger partial charge in [-0.05, 0) is 12.5 Å². The van der Waals surface area contributed by atoms with E-state index < -0.39 is 0 Å². The number of H-pyrrole nitrogens is 1. The Kier molecular flexibility index (Phi) is 2.30. The minimum atomic E-state index is -0.0294. The zero-order chi connectivity index (χ0) is 11.8. The normalized spacial score (nSPS) is 13.7. The van der Waals surface area contributed by atoms with Crippen molar-refractivity contribution in [3.63, 3.8) is 0 Å². The van der Waals surface area contributed by atoms with Crippen LogP contribution in [0.3, 0.4) is 0 Å². The van der Waals surface area contributed by atoms with Crippen LogP contribution in [0.4, 0.5) is 0 Å². The summed E-state index contributed by atoms with van der Waals surface area (Å²) in [5.41, 5.74) is 3.70. The van der Waals surface area contributed by atoms with E-state index in [2.05, 4.69) is 15.3 Å². The maximum absolute atomic E-state index is 11.9. The number of hydrogen-bond acceptors (Lipinski definition) is 3. The molecule has 4 heteroatoms. The van der Waals surface area contributed by atoms with E-state index in [-0.39, 0.29) is 5.56 Å². The van der Waals surface area contributed by atoms with Gasteiger partial charge in [-0.15, -0.1) is 0 Å². The predicted molar refractivity (Wildman–Crippen MR) is 65.6 cm³/mol. The van der Waals surface area contributed by atoms with Crippen LogP contribution in [-0.2, 0) is 13.1 Å². The molecule has 17 heavy (non-hydrogen) atoms. The van der Waals surface area contributed by atoms with Gasteiger partial charge in [0.1, 0.15) is 5.82 Å². The smallest absolute Gasteiger partial charge is 0.255 e. The molecule has 0 radical (unpaired) electrons. The Morgan fingerprint density at radius 1 is 1.24 bits per heavy atom. The summed E-state index contributed by atoms with van der Waals surface area (Å²) in [4.78, 5) is 19.3. The van der Waals surface area contributed by atoms with Crippen molar-refractivity contribution < 1.29 is 0 Å². The van der Waals surface area contributed by atoms with Gasteiger partial charge in [-0.25, -0.2) is 4.98 Å². The van der Waals surface area contributed by atoms with Crippen molar-refractivity contribution in [2.24, 2.45) is 0 Å². The van der Waals surface area contributed by atoms with E-state index in [0.29, 0.717) is 18.9 Å². The third-order valence-corrected chi connectivity index (χ3v) is 3.10. The molecule has 0 fully saturated rings. The zero-order valence-corrected chi connectivity index (χ0v) is 9.58. The van der Waals surface area contributed by atoms with Gasteiger partial charge in [-0.3, -0.25) is 4.79 Å². The topological polar surface area (TPSA) is 57.8 Å². The Hall–Kier alpha value is -1.94. The quantitative estimate of drug-likeness (QED) is 0.773. The summed E-state index contributed by atoms with van der Waals surface area (Å²) in [5.74, 6) is 0.663. The molecular weight excluding hydrogens is 214 g/mol. The highest BCUT2D eigenvalue weighted by Gasteiger charge is 2.17. The Labute approximate surface area is 98.7 Å². The fourth-order valence-corrected chi connectivity index (χ4v) is 2.15. The molecular formula is C13H13N3O. The number of fused-ring (bicyclic) bond motifs is 1. The van der Waals surface area contributed by atoms with Crippen molar-refractivity contribution in [1.29, 1.82) is 0 Å². The molecule has 0 spiro atoms. The number of benzene rings is 1. The first kappa shape index (κ1) is 10.2. The van der Waals surface area contributed by atoms with Gasteiger partial charge in [-0.2, -0.15) is 0 Å². The van der Waals surface area contributed by atoms with Crippen molar-refractivity contribution in [3.8, 4) is 11.4 Å². The van der Waals surface area contributed by atoms with Crippen LogP contribution in [0.15, 0.2) is 29.1 Å². The van der Waals surface area contributed by atoms with E-state index in [4.69, 9.17) is 0 Å². The second-order valence-corrected chi connectivity index (χ2v) is 4.26. The van der Waals surface area contributed by atoms with E-state index in [0.717, 1.165) is 22.4 Å². The predicted octanol–water partition coefficient (Wildman–Crippen LogP) is 1.35. The van der Waals surface area contributed by atoms with Crippen LogP contribution in [0, 0.1) is 6.92 Å². The highest BCUT2D eigenvalue weighted by molar-refractivity contribution is 5.59. The SMILES string of the molecule is Cc1ccccc1-c1nc2c(c(=O)[nH]1)CNC2. The number of aryl methyl sites for hydroxylation is 1.